The zero-order chi connectivity index (χ0) is 24.5. The van der Waals surface area contributed by atoms with Crippen molar-refractivity contribution in [3.63, 3.8) is 0 Å². The van der Waals surface area contributed by atoms with Crippen LogP contribution in [0.1, 0.15) is 68.3 Å². The number of hydrogen-bond donors (Lipinski definition) is 2. The molecule has 0 saturated heterocycles. The number of carbonyl (C=O) groups excluding carboxylic acids is 1. The monoisotopic (exact) mass is 465 g/mol. The van der Waals surface area contributed by atoms with Crippen LogP contribution in [0.3, 0.4) is 0 Å². The molecule has 34 heavy (non-hydrogen) atoms. The van der Waals surface area contributed by atoms with Gasteiger partial charge in [-0.1, -0.05) is 36.8 Å². The summed E-state index contributed by atoms with van der Waals surface area (Å²) in [6.07, 6.45) is 7.88. The number of rotatable bonds is 10. The van der Waals surface area contributed by atoms with Crippen LogP contribution in [-0.4, -0.2) is 41.0 Å². The summed E-state index contributed by atoms with van der Waals surface area (Å²) in [5.41, 5.74) is 10.4. The number of aromatic nitrogens is 1. The van der Waals surface area contributed by atoms with Gasteiger partial charge in [0.05, 0.1) is 28.9 Å². The number of allylic oxidation sites excluding steroid dienone is 1. The fourth-order valence-electron chi connectivity index (χ4n) is 4.38. The van der Waals surface area contributed by atoms with Crippen LogP contribution in [0, 0.1) is 6.92 Å². The van der Waals surface area contributed by atoms with Gasteiger partial charge < -0.3 is 20.4 Å². The molecule has 0 spiro atoms. The number of nitrogens with zero attached hydrogens (tertiary/aromatic N) is 3. The van der Waals surface area contributed by atoms with Crippen molar-refractivity contribution in [3.8, 4) is 5.75 Å². The van der Waals surface area contributed by atoms with E-state index in [1.165, 1.54) is 24.3 Å². The molecule has 2 aromatic rings. The van der Waals surface area contributed by atoms with Crippen LogP contribution in [0.2, 0.25) is 0 Å². The minimum absolute atomic E-state index is 0.0969. The van der Waals surface area contributed by atoms with Gasteiger partial charge in [-0.15, -0.1) is 0 Å². The average molecular weight is 466 g/mol. The van der Waals surface area contributed by atoms with E-state index < -0.39 is 0 Å². The van der Waals surface area contributed by atoms with E-state index in [1.54, 1.807) is 11.9 Å². The van der Waals surface area contributed by atoms with Crippen LogP contribution in [0.5, 0.6) is 5.75 Å². The maximum Gasteiger partial charge on any atom is 0.222 e. The molecule has 0 unspecified atom stereocenters. The Hall–Kier alpha value is -3.06. The van der Waals surface area contributed by atoms with Crippen molar-refractivity contribution in [3.05, 3.63) is 65.1 Å². The van der Waals surface area contributed by atoms with Crippen molar-refractivity contribution in [1.29, 1.82) is 0 Å². The van der Waals surface area contributed by atoms with E-state index in [0.29, 0.717) is 37.2 Å². The van der Waals surface area contributed by atoms with Crippen LogP contribution < -0.4 is 16.3 Å². The molecular formula is C27H39N5O2. The lowest BCUT2D eigenvalue weighted by atomic mass is 9.98. The third-order valence-electron chi connectivity index (χ3n) is 6.39. The molecule has 1 amide bonds. The highest BCUT2D eigenvalue weighted by atomic mass is 16.5. The molecule has 0 aliphatic heterocycles. The van der Waals surface area contributed by atoms with Gasteiger partial charge in [-0.3, -0.25) is 4.79 Å². The lowest BCUT2D eigenvalue weighted by Gasteiger charge is -2.24. The summed E-state index contributed by atoms with van der Waals surface area (Å²) < 4.78 is 6.19. The fraction of sp³-hybridized carbons (Fsp3) is 0.481. The molecule has 0 atom stereocenters. The van der Waals surface area contributed by atoms with Crippen molar-refractivity contribution in [2.24, 2.45) is 11.6 Å². The molecule has 1 fully saturated rings. The molecule has 7 heteroatoms. The summed E-state index contributed by atoms with van der Waals surface area (Å²) in [6, 6.07) is 13.8. The van der Waals surface area contributed by atoms with Crippen molar-refractivity contribution in [2.75, 3.05) is 14.1 Å². The minimum atomic E-state index is 0.0969. The van der Waals surface area contributed by atoms with Gasteiger partial charge >= 0.3 is 0 Å². The minimum Gasteiger partial charge on any atom is -0.489 e. The van der Waals surface area contributed by atoms with Gasteiger partial charge in [0.15, 0.2) is 0 Å². The molecule has 1 aromatic heterocycles. The van der Waals surface area contributed by atoms with Gasteiger partial charge in [0.2, 0.25) is 5.91 Å². The Balaban J connectivity index is 1.60. The predicted octanol–water partition coefficient (Wildman–Crippen LogP) is 4.36. The van der Waals surface area contributed by atoms with E-state index in [2.05, 4.69) is 0 Å². The van der Waals surface area contributed by atoms with Crippen molar-refractivity contribution in [1.82, 2.24) is 14.9 Å². The summed E-state index contributed by atoms with van der Waals surface area (Å²) in [5, 5.41) is 1.52. The second-order valence-electron chi connectivity index (χ2n) is 9.22. The first-order valence-corrected chi connectivity index (χ1v) is 12.2. The second kappa shape index (κ2) is 12.4. The van der Waals surface area contributed by atoms with Crippen LogP contribution in [0.15, 0.2) is 48.2 Å². The van der Waals surface area contributed by atoms with Gasteiger partial charge in [-0.05, 0) is 63.1 Å². The second-order valence-corrected chi connectivity index (χ2v) is 9.22. The number of nitrogens with two attached hydrogens (primary N) is 2. The molecule has 1 saturated carbocycles. The van der Waals surface area contributed by atoms with Gasteiger partial charge in [-0.25, -0.2) is 10.8 Å². The SMILES string of the molecule is Cc1nc(/C(N)=C(\CCCC(=O)N(C)Cc2ccccc2)N(C)N)ccc1OC1CCCCC1. The van der Waals surface area contributed by atoms with Crippen LogP contribution in [0.25, 0.3) is 5.70 Å². The molecule has 7 nitrogen and oxygen atoms in total. The van der Waals surface area contributed by atoms with E-state index in [-0.39, 0.29) is 12.0 Å². The molecule has 0 radical (unpaired) electrons. The molecule has 3 rings (SSSR count). The lowest BCUT2D eigenvalue weighted by Crippen LogP contribution is -2.29. The summed E-state index contributed by atoms with van der Waals surface area (Å²) in [4.78, 5) is 19.0. The van der Waals surface area contributed by atoms with E-state index in [0.717, 1.165) is 35.5 Å². The molecule has 1 aromatic carbocycles. The largest absolute Gasteiger partial charge is 0.489 e. The Morgan fingerprint density at radius 1 is 1.06 bits per heavy atom. The Morgan fingerprint density at radius 2 is 1.76 bits per heavy atom. The number of pyridine rings is 1. The van der Waals surface area contributed by atoms with Gasteiger partial charge in [0.25, 0.3) is 0 Å². The number of hydrogen-bond acceptors (Lipinski definition) is 6. The van der Waals surface area contributed by atoms with E-state index >= 15 is 0 Å². The number of aryl methyl sites for hydroxylation is 1. The molecule has 184 valence electrons. The summed E-state index contributed by atoms with van der Waals surface area (Å²) in [7, 11) is 3.60. The zero-order valence-corrected chi connectivity index (χ0v) is 20.8. The van der Waals surface area contributed by atoms with Crippen LogP contribution in [0.4, 0.5) is 0 Å². The Labute approximate surface area is 203 Å². The Bertz CT molecular complexity index is 968. The van der Waals surface area contributed by atoms with E-state index in [1.807, 2.05) is 56.4 Å². The van der Waals surface area contributed by atoms with Gasteiger partial charge in [-0.2, -0.15) is 0 Å². The number of amides is 1. The maximum absolute atomic E-state index is 12.6. The van der Waals surface area contributed by atoms with Crippen molar-refractivity contribution in [2.45, 2.75) is 70.9 Å². The Morgan fingerprint density at radius 3 is 2.41 bits per heavy atom. The number of ether oxygens (including phenoxy) is 1. The lowest BCUT2D eigenvalue weighted by molar-refractivity contribution is -0.130. The quantitative estimate of drug-likeness (QED) is 0.400. The first kappa shape index (κ1) is 25.6. The van der Waals surface area contributed by atoms with Crippen molar-refractivity contribution >= 4 is 11.6 Å². The summed E-state index contributed by atoms with van der Waals surface area (Å²) >= 11 is 0. The summed E-state index contributed by atoms with van der Waals surface area (Å²) in [6.45, 7) is 2.54. The van der Waals surface area contributed by atoms with Crippen LogP contribution >= 0.6 is 0 Å². The molecule has 0 bridgehead atoms. The van der Waals surface area contributed by atoms with Crippen LogP contribution in [-0.2, 0) is 11.3 Å². The number of benzene rings is 1. The summed E-state index contributed by atoms with van der Waals surface area (Å²) in [5.74, 6) is 7.01. The topological polar surface area (TPSA) is 97.7 Å². The Kier molecular flexibility index (Phi) is 9.33. The molecule has 4 N–H and O–H groups in total. The average Bonchev–Trinajstić information content (AvgIpc) is 2.83. The number of hydrazine groups is 1. The molecular weight excluding hydrogens is 426 g/mol. The normalized spacial score (nSPS) is 14.9. The van der Waals surface area contributed by atoms with Gasteiger partial charge in [0, 0.05) is 27.1 Å². The first-order valence-electron chi connectivity index (χ1n) is 12.2. The molecule has 1 heterocycles. The highest BCUT2D eigenvalue weighted by Crippen LogP contribution is 2.27. The van der Waals surface area contributed by atoms with Gasteiger partial charge in [0.1, 0.15) is 5.75 Å². The number of carbonyl (C=O) groups is 1. The smallest absolute Gasteiger partial charge is 0.222 e. The fourth-order valence-corrected chi connectivity index (χ4v) is 4.38. The highest BCUT2D eigenvalue weighted by molar-refractivity contribution is 5.76. The third-order valence-corrected chi connectivity index (χ3v) is 6.39. The van der Waals surface area contributed by atoms with Crippen molar-refractivity contribution < 1.29 is 9.53 Å². The molecule has 1 aliphatic rings. The predicted molar refractivity (Wildman–Crippen MR) is 136 cm³/mol. The standard InChI is InChI=1S/C27H39N5O2/c1-20-25(34-22-13-8-5-9-14-22)18-17-23(30-20)27(28)24(32(3)29)15-10-16-26(33)31(2)19-21-11-6-4-7-12-21/h4,6-7,11-12,17-18,22H,5,8-10,13-16,19,28-29H2,1-3H3/b27-24-. The maximum atomic E-state index is 12.6. The zero-order valence-electron chi connectivity index (χ0n) is 20.8. The third kappa shape index (κ3) is 7.22. The molecule has 1 aliphatic carbocycles. The highest BCUT2D eigenvalue weighted by Gasteiger charge is 2.18. The van der Waals surface area contributed by atoms with E-state index in [9.17, 15) is 4.79 Å². The first-order chi connectivity index (χ1) is 16.3. The van der Waals surface area contributed by atoms with E-state index in [4.69, 9.17) is 21.3 Å².